The Morgan fingerprint density at radius 1 is 1.24 bits per heavy atom. The Morgan fingerprint density at radius 2 is 2.05 bits per heavy atom. The van der Waals surface area contributed by atoms with Crippen molar-refractivity contribution in [1.82, 2.24) is 9.97 Å². The van der Waals surface area contributed by atoms with Crippen LogP contribution < -0.4 is 4.74 Å². The third kappa shape index (κ3) is 2.99. The number of hydrogen-bond acceptors (Lipinski definition) is 6. The molecule has 5 nitrogen and oxygen atoms in total. The number of rotatable bonds is 3. The minimum atomic E-state index is -3.29. The van der Waals surface area contributed by atoms with Crippen molar-refractivity contribution >= 4 is 43.0 Å². The monoisotopic (exact) mass is 340 g/mol. The van der Waals surface area contributed by atoms with Crippen LogP contribution in [-0.4, -0.2) is 24.6 Å². The van der Waals surface area contributed by atoms with E-state index in [1.54, 1.807) is 12.1 Å². The standard InChI is InChI=1S/C13H9ClN2O3S2/c1-21(17,18)9-4-2-3-8(7-9)19-11-10-5-6-20-12(10)16-13(14)15-11/h2-7H,1H3. The average molecular weight is 341 g/mol. The highest BCUT2D eigenvalue weighted by atomic mass is 35.5. The third-order valence-corrected chi connectivity index (χ3v) is 4.80. The van der Waals surface area contributed by atoms with Crippen molar-refractivity contribution in [2.45, 2.75) is 4.90 Å². The van der Waals surface area contributed by atoms with Gasteiger partial charge in [-0.15, -0.1) is 11.3 Å². The number of thiophene rings is 1. The third-order valence-electron chi connectivity index (χ3n) is 2.71. The summed E-state index contributed by atoms with van der Waals surface area (Å²) in [6, 6.07) is 8.05. The highest BCUT2D eigenvalue weighted by Crippen LogP contribution is 2.31. The summed E-state index contributed by atoms with van der Waals surface area (Å²) in [5, 5.41) is 2.67. The van der Waals surface area contributed by atoms with Crippen LogP contribution in [0, 0.1) is 0 Å². The van der Waals surface area contributed by atoms with E-state index in [1.165, 1.54) is 23.5 Å². The zero-order chi connectivity index (χ0) is 15.0. The molecule has 0 saturated heterocycles. The van der Waals surface area contributed by atoms with Gasteiger partial charge in [-0.2, -0.15) is 4.98 Å². The lowest BCUT2D eigenvalue weighted by atomic mass is 10.3. The van der Waals surface area contributed by atoms with Gasteiger partial charge in [0.15, 0.2) is 9.84 Å². The van der Waals surface area contributed by atoms with Crippen LogP contribution in [0.5, 0.6) is 11.6 Å². The van der Waals surface area contributed by atoms with Crippen molar-refractivity contribution in [3.05, 3.63) is 41.0 Å². The van der Waals surface area contributed by atoms with Gasteiger partial charge in [-0.3, -0.25) is 0 Å². The maximum Gasteiger partial charge on any atom is 0.232 e. The predicted octanol–water partition coefficient (Wildman–Crippen LogP) is 3.54. The van der Waals surface area contributed by atoms with E-state index in [0.717, 1.165) is 11.6 Å². The lowest BCUT2D eigenvalue weighted by molar-refractivity contribution is 0.466. The maximum absolute atomic E-state index is 11.6. The second-order valence-electron chi connectivity index (χ2n) is 4.29. The maximum atomic E-state index is 11.6. The van der Waals surface area contributed by atoms with E-state index in [4.69, 9.17) is 16.3 Å². The van der Waals surface area contributed by atoms with Gasteiger partial charge in [0.05, 0.1) is 10.3 Å². The SMILES string of the molecule is CS(=O)(=O)c1cccc(Oc2nc(Cl)nc3sccc23)c1. The molecule has 0 aliphatic carbocycles. The first kappa shape index (κ1) is 14.2. The Hall–Kier alpha value is -1.70. The Bertz CT molecular complexity index is 922. The normalized spacial score (nSPS) is 11.7. The lowest BCUT2D eigenvalue weighted by Crippen LogP contribution is -1.97. The molecule has 1 aromatic carbocycles. The molecule has 2 aromatic heterocycles. The molecule has 0 radical (unpaired) electrons. The Balaban J connectivity index is 2.05. The Morgan fingerprint density at radius 3 is 2.81 bits per heavy atom. The number of aromatic nitrogens is 2. The van der Waals surface area contributed by atoms with Crippen LogP contribution in [-0.2, 0) is 9.84 Å². The summed E-state index contributed by atoms with van der Waals surface area (Å²) >= 11 is 7.28. The van der Waals surface area contributed by atoms with Gasteiger partial charge < -0.3 is 4.74 Å². The number of benzene rings is 1. The molecule has 0 fully saturated rings. The van der Waals surface area contributed by atoms with Crippen LogP contribution in [0.2, 0.25) is 5.28 Å². The molecule has 2 heterocycles. The molecule has 8 heteroatoms. The van der Waals surface area contributed by atoms with Crippen molar-refractivity contribution < 1.29 is 13.2 Å². The number of hydrogen-bond donors (Lipinski definition) is 0. The average Bonchev–Trinajstić information content (AvgIpc) is 2.86. The molecule has 21 heavy (non-hydrogen) atoms. The zero-order valence-corrected chi connectivity index (χ0v) is 13.2. The van der Waals surface area contributed by atoms with Gasteiger partial charge >= 0.3 is 0 Å². The zero-order valence-electron chi connectivity index (χ0n) is 10.8. The van der Waals surface area contributed by atoms with E-state index in [1.807, 2.05) is 11.4 Å². The molecule has 0 unspecified atom stereocenters. The first-order valence-electron chi connectivity index (χ1n) is 5.82. The summed E-state index contributed by atoms with van der Waals surface area (Å²) in [5.74, 6) is 0.678. The predicted molar refractivity (Wildman–Crippen MR) is 82.1 cm³/mol. The van der Waals surface area contributed by atoms with Crippen LogP contribution in [0.25, 0.3) is 10.2 Å². The fourth-order valence-electron chi connectivity index (χ4n) is 1.76. The van der Waals surface area contributed by atoms with Gasteiger partial charge in [0, 0.05) is 6.26 Å². The highest BCUT2D eigenvalue weighted by Gasteiger charge is 2.12. The largest absolute Gasteiger partial charge is 0.438 e. The fraction of sp³-hybridized carbons (Fsp3) is 0.0769. The van der Waals surface area contributed by atoms with Gasteiger partial charge in [-0.1, -0.05) is 6.07 Å². The van der Waals surface area contributed by atoms with Gasteiger partial charge in [0.2, 0.25) is 11.2 Å². The molecule has 0 aliphatic heterocycles. The second kappa shape index (κ2) is 5.25. The lowest BCUT2D eigenvalue weighted by Gasteiger charge is -2.07. The van der Waals surface area contributed by atoms with Gasteiger partial charge in [0.1, 0.15) is 10.6 Å². The molecule has 0 aliphatic rings. The molecule has 108 valence electrons. The Kier molecular flexibility index (Phi) is 3.56. The van der Waals surface area contributed by atoms with Gasteiger partial charge in [-0.05, 0) is 41.2 Å². The van der Waals surface area contributed by atoms with Crippen molar-refractivity contribution in [1.29, 1.82) is 0 Å². The number of sulfone groups is 1. The molecule has 3 rings (SSSR count). The van der Waals surface area contributed by atoms with Crippen LogP contribution in [0.4, 0.5) is 0 Å². The molecule has 3 aromatic rings. The van der Waals surface area contributed by atoms with E-state index in [-0.39, 0.29) is 10.2 Å². The smallest absolute Gasteiger partial charge is 0.232 e. The topological polar surface area (TPSA) is 69.2 Å². The van der Waals surface area contributed by atoms with Gasteiger partial charge in [-0.25, -0.2) is 13.4 Å². The molecule has 0 N–H and O–H groups in total. The first-order chi connectivity index (χ1) is 9.93. The fourth-order valence-corrected chi connectivity index (χ4v) is 3.38. The van der Waals surface area contributed by atoms with Crippen molar-refractivity contribution in [3.8, 4) is 11.6 Å². The number of ether oxygens (including phenoxy) is 1. The molecule has 0 saturated carbocycles. The van der Waals surface area contributed by atoms with E-state index >= 15 is 0 Å². The van der Waals surface area contributed by atoms with Crippen LogP contribution in [0.15, 0.2) is 40.6 Å². The summed E-state index contributed by atoms with van der Waals surface area (Å²) < 4.78 is 28.8. The Labute approximate surface area is 130 Å². The number of fused-ring (bicyclic) bond motifs is 1. The summed E-state index contributed by atoms with van der Waals surface area (Å²) in [6.07, 6.45) is 1.14. The van der Waals surface area contributed by atoms with Crippen LogP contribution in [0.3, 0.4) is 0 Å². The van der Waals surface area contributed by atoms with E-state index in [2.05, 4.69) is 9.97 Å². The molecule has 0 amide bonds. The van der Waals surface area contributed by atoms with E-state index in [9.17, 15) is 8.42 Å². The summed E-state index contributed by atoms with van der Waals surface area (Å²) in [5.41, 5.74) is 0. The molecular formula is C13H9ClN2O3S2. The summed E-state index contributed by atoms with van der Waals surface area (Å²) in [6.45, 7) is 0. The van der Waals surface area contributed by atoms with Crippen LogP contribution >= 0.6 is 22.9 Å². The quantitative estimate of drug-likeness (QED) is 0.682. The van der Waals surface area contributed by atoms with Gasteiger partial charge in [0.25, 0.3) is 0 Å². The minimum absolute atomic E-state index is 0.0826. The van der Waals surface area contributed by atoms with Crippen molar-refractivity contribution in [3.63, 3.8) is 0 Å². The summed E-state index contributed by atoms with van der Waals surface area (Å²) in [4.78, 5) is 9.04. The number of halogens is 1. The summed E-state index contributed by atoms with van der Waals surface area (Å²) in [7, 11) is -3.29. The van der Waals surface area contributed by atoms with Crippen molar-refractivity contribution in [2.24, 2.45) is 0 Å². The first-order valence-corrected chi connectivity index (χ1v) is 8.97. The molecule has 0 atom stereocenters. The van der Waals surface area contributed by atoms with Crippen LogP contribution in [0.1, 0.15) is 0 Å². The second-order valence-corrected chi connectivity index (χ2v) is 7.53. The highest BCUT2D eigenvalue weighted by molar-refractivity contribution is 7.90. The molecule has 0 spiro atoms. The molecule has 0 bridgehead atoms. The minimum Gasteiger partial charge on any atom is -0.438 e. The number of nitrogens with zero attached hydrogens (tertiary/aromatic N) is 2. The van der Waals surface area contributed by atoms with E-state index in [0.29, 0.717) is 16.5 Å². The van der Waals surface area contributed by atoms with Crippen molar-refractivity contribution in [2.75, 3.05) is 6.26 Å². The van der Waals surface area contributed by atoms with E-state index < -0.39 is 9.84 Å². The molecular weight excluding hydrogens is 332 g/mol.